The molecule has 0 unspecified atom stereocenters. The van der Waals surface area contributed by atoms with Gasteiger partial charge in [-0.1, -0.05) is 0 Å². The molecule has 2 aromatic rings. The highest BCUT2D eigenvalue weighted by atomic mass is 32.1. The third kappa shape index (κ3) is 2.45. The van der Waals surface area contributed by atoms with Crippen LogP contribution < -0.4 is 5.32 Å². The van der Waals surface area contributed by atoms with Crippen LogP contribution in [-0.4, -0.2) is 26.0 Å². The van der Waals surface area contributed by atoms with Gasteiger partial charge < -0.3 is 10.4 Å². The molecule has 0 spiro atoms. The first-order chi connectivity index (χ1) is 8.50. The zero-order valence-electron chi connectivity index (χ0n) is 9.91. The molecule has 2 aromatic heterocycles. The molecule has 0 bridgehead atoms. The fourth-order valence-corrected chi connectivity index (χ4v) is 2.19. The monoisotopic (exact) mass is 264 g/mol. The van der Waals surface area contributed by atoms with Crippen LogP contribution in [0.2, 0.25) is 0 Å². The lowest BCUT2D eigenvalue weighted by atomic mass is 10.1. The van der Waals surface area contributed by atoms with E-state index in [2.05, 4.69) is 20.3 Å². The number of thiazole rings is 1. The van der Waals surface area contributed by atoms with Crippen molar-refractivity contribution in [3.63, 3.8) is 0 Å². The minimum atomic E-state index is -1.11. The Balaban J connectivity index is 2.32. The number of aromatic nitrogens is 3. The van der Waals surface area contributed by atoms with E-state index in [1.54, 1.807) is 6.20 Å². The second kappa shape index (κ2) is 4.69. The molecule has 0 fully saturated rings. The van der Waals surface area contributed by atoms with Gasteiger partial charge in [-0.2, -0.15) is 0 Å². The van der Waals surface area contributed by atoms with Crippen molar-refractivity contribution in [1.82, 2.24) is 15.0 Å². The lowest BCUT2D eigenvalue weighted by molar-refractivity contribution is 0.0691. The van der Waals surface area contributed by atoms with Gasteiger partial charge in [0.2, 0.25) is 0 Å². The summed E-state index contributed by atoms with van der Waals surface area (Å²) in [7, 11) is 0. The minimum Gasteiger partial charge on any atom is -0.476 e. The number of carboxylic acids is 1. The predicted molar refractivity (Wildman–Crippen MR) is 67.8 cm³/mol. The van der Waals surface area contributed by atoms with Crippen molar-refractivity contribution in [3.8, 4) is 0 Å². The van der Waals surface area contributed by atoms with E-state index in [0.717, 1.165) is 5.01 Å². The van der Waals surface area contributed by atoms with Crippen LogP contribution in [0.4, 0.5) is 5.82 Å². The van der Waals surface area contributed by atoms with E-state index < -0.39 is 11.5 Å². The van der Waals surface area contributed by atoms with E-state index in [1.165, 1.54) is 23.7 Å². The molecule has 0 radical (unpaired) electrons. The maximum Gasteiger partial charge on any atom is 0.358 e. The Labute approximate surface area is 108 Å². The lowest BCUT2D eigenvalue weighted by Gasteiger charge is -2.24. The zero-order valence-corrected chi connectivity index (χ0v) is 10.7. The standard InChI is InChI=1S/C11H12N4O2S/c1-11(2,10-14-5-6-18-10)15-8-7(9(16)17)12-3-4-13-8/h3-6H,1-2H3,(H,13,15)(H,16,17). The number of carbonyl (C=O) groups is 1. The molecule has 0 aliphatic rings. The summed E-state index contributed by atoms with van der Waals surface area (Å²) >= 11 is 1.49. The van der Waals surface area contributed by atoms with Gasteiger partial charge in [0.05, 0.1) is 5.54 Å². The molecule has 0 saturated carbocycles. The Morgan fingerprint density at radius 2 is 2.00 bits per heavy atom. The zero-order chi connectivity index (χ0) is 13.2. The summed E-state index contributed by atoms with van der Waals surface area (Å²) in [6, 6.07) is 0. The second-order valence-electron chi connectivity index (χ2n) is 4.15. The third-order valence-corrected chi connectivity index (χ3v) is 3.40. The van der Waals surface area contributed by atoms with Crippen LogP contribution >= 0.6 is 11.3 Å². The SMILES string of the molecule is CC(C)(Nc1nccnc1C(=O)O)c1nccs1. The Kier molecular flexibility index (Phi) is 3.24. The van der Waals surface area contributed by atoms with E-state index in [-0.39, 0.29) is 11.5 Å². The average molecular weight is 264 g/mol. The van der Waals surface area contributed by atoms with Crippen LogP contribution in [0.15, 0.2) is 24.0 Å². The van der Waals surface area contributed by atoms with E-state index in [1.807, 2.05) is 19.2 Å². The van der Waals surface area contributed by atoms with Crippen LogP contribution in [0.3, 0.4) is 0 Å². The number of anilines is 1. The first-order valence-electron chi connectivity index (χ1n) is 5.23. The first-order valence-corrected chi connectivity index (χ1v) is 6.11. The molecule has 7 heteroatoms. The summed E-state index contributed by atoms with van der Waals surface area (Å²) in [5.74, 6) is -0.870. The summed E-state index contributed by atoms with van der Waals surface area (Å²) in [6.45, 7) is 3.82. The van der Waals surface area contributed by atoms with Gasteiger partial charge in [0.15, 0.2) is 11.5 Å². The van der Waals surface area contributed by atoms with Gasteiger partial charge >= 0.3 is 5.97 Å². The van der Waals surface area contributed by atoms with E-state index >= 15 is 0 Å². The van der Waals surface area contributed by atoms with Gasteiger partial charge in [-0.3, -0.25) is 0 Å². The number of nitrogens with zero attached hydrogens (tertiary/aromatic N) is 3. The van der Waals surface area contributed by atoms with Crippen molar-refractivity contribution in [2.45, 2.75) is 19.4 Å². The Bertz CT molecular complexity index is 554. The minimum absolute atomic E-state index is 0.0952. The summed E-state index contributed by atoms with van der Waals surface area (Å²) in [5.41, 5.74) is -0.601. The molecule has 2 N–H and O–H groups in total. The first kappa shape index (κ1) is 12.4. The molecule has 0 atom stereocenters. The van der Waals surface area contributed by atoms with Crippen molar-refractivity contribution in [2.75, 3.05) is 5.32 Å². The van der Waals surface area contributed by atoms with Crippen molar-refractivity contribution >= 4 is 23.1 Å². The maximum absolute atomic E-state index is 11.0. The van der Waals surface area contributed by atoms with Crippen molar-refractivity contribution in [2.24, 2.45) is 0 Å². The number of carboxylic acid groups (broad SMARTS) is 1. The van der Waals surface area contributed by atoms with Gasteiger partial charge in [-0.15, -0.1) is 11.3 Å². The second-order valence-corrected chi connectivity index (χ2v) is 5.04. The lowest BCUT2D eigenvalue weighted by Crippen LogP contribution is -2.29. The average Bonchev–Trinajstić information content (AvgIpc) is 2.83. The molecular weight excluding hydrogens is 252 g/mol. The number of hydrogen-bond acceptors (Lipinski definition) is 6. The highest BCUT2D eigenvalue weighted by molar-refractivity contribution is 7.09. The number of hydrogen-bond donors (Lipinski definition) is 2. The van der Waals surface area contributed by atoms with E-state index in [9.17, 15) is 4.79 Å². The van der Waals surface area contributed by atoms with Gasteiger partial charge in [0.25, 0.3) is 0 Å². The Hall–Kier alpha value is -2.02. The van der Waals surface area contributed by atoms with Crippen LogP contribution in [-0.2, 0) is 5.54 Å². The van der Waals surface area contributed by atoms with Gasteiger partial charge in [0, 0.05) is 24.0 Å². The molecule has 0 saturated heterocycles. The molecule has 2 rings (SSSR count). The van der Waals surface area contributed by atoms with E-state index in [0.29, 0.717) is 0 Å². The molecule has 2 heterocycles. The molecule has 0 aliphatic carbocycles. The molecule has 94 valence electrons. The summed E-state index contributed by atoms with van der Waals surface area (Å²) in [5, 5.41) is 14.8. The molecule has 0 aromatic carbocycles. The Morgan fingerprint density at radius 1 is 1.28 bits per heavy atom. The van der Waals surface area contributed by atoms with Crippen LogP contribution in [0.1, 0.15) is 29.3 Å². The molecule has 18 heavy (non-hydrogen) atoms. The summed E-state index contributed by atoms with van der Waals surface area (Å²) in [4.78, 5) is 23.1. The van der Waals surface area contributed by atoms with Gasteiger partial charge in [-0.05, 0) is 13.8 Å². The fraction of sp³-hybridized carbons (Fsp3) is 0.273. The van der Waals surface area contributed by atoms with Crippen molar-refractivity contribution < 1.29 is 9.90 Å². The van der Waals surface area contributed by atoms with Crippen LogP contribution in [0.25, 0.3) is 0 Å². The number of rotatable bonds is 4. The van der Waals surface area contributed by atoms with Crippen molar-refractivity contribution in [1.29, 1.82) is 0 Å². The summed E-state index contributed by atoms with van der Waals surface area (Å²) < 4.78 is 0. The van der Waals surface area contributed by atoms with E-state index in [4.69, 9.17) is 5.11 Å². The Morgan fingerprint density at radius 3 is 2.61 bits per heavy atom. The third-order valence-electron chi connectivity index (χ3n) is 2.30. The smallest absolute Gasteiger partial charge is 0.358 e. The quantitative estimate of drug-likeness (QED) is 0.877. The van der Waals surface area contributed by atoms with Crippen LogP contribution in [0, 0.1) is 0 Å². The van der Waals surface area contributed by atoms with Crippen molar-refractivity contribution in [3.05, 3.63) is 34.7 Å². The van der Waals surface area contributed by atoms with Crippen LogP contribution in [0.5, 0.6) is 0 Å². The molecular formula is C11H12N4O2S. The summed E-state index contributed by atoms with van der Waals surface area (Å²) in [6.07, 6.45) is 4.51. The number of nitrogens with one attached hydrogen (secondary N) is 1. The van der Waals surface area contributed by atoms with Gasteiger partial charge in [-0.25, -0.2) is 19.7 Å². The molecule has 6 nitrogen and oxygen atoms in total. The largest absolute Gasteiger partial charge is 0.476 e. The topological polar surface area (TPSA) is 88.0 Å². The molecule has 0 aliphatic heterocycles. The van der Waals surface area contributed by atoms with Gasteiger partial charge in [0.1, 0.15) is 5.01 Å². The highest BCUT2D eigenvalue weighted by Gasteiger charge is 2.26. The number of aromatic carboxylic acids is 1. The molecule has 0 amide bonds. The fourth-order valence-electron chi connectivity index (χ4n) is 1.47. The predicted octanol–water partition coefficient (Wildman–Crippen LogP) is 1.98. The normalized spacial score (nSPS) is 11.2. The maximum atomic E-state index is 11.0. The highest BCUT2D eigenvalue weighted by Crippen LogP contribution is 2.27.